The summed E-state index contributed by atoms with van der Waals surface area (Å²) in [4.78, 5) is 40.3. The first-order valence-electron chi connectivity index (χ1n) is 11.4. The molecule has 2 heterocycles. The van der Waals surface area contributed by atoms with Gasteiger partial charge in [0.1, 0.15) is 5.60 Å². The predicted molar refractivity (Wildman–Crippen MR) is 132 cm³/mol. The Morgan fingerprint density at radius 1 is 1.06 bits per heavy atom. The van der Waals surface area contributed by atoms with Gasteiger partial charge in [-0.05, 0) is 68.9 Å². The van der Waals surface area contributed by atoms with Gasteiger partial charge in [0, 0.05) is 44.4 Å². The monoisotopic (exact) mass is 466 g/mol. The molecular weight excluding hydrogens is 432 g/mol. The highest BCUT2D eigenvalue weighted by molar-refractivity contribution is 6.25. The van der Waals surface area contributed by atoms with E-state index in [1.54, 1.807) is 17.3 Å². The van der Waals surface area contributed by atoms with Gasteiger partial charge in [0.05, 0.1) is 0 Å². The molecule has 182 valence electrons. The third kappa shape index (κ3) is 9.57. The molecule has 1 aliphatic heterocycles. The molecule has 0 saturated carbocycles. The SMILES string of the molecule is CC(=O)O.CC(C)(C)OC(=O)N1CCC(CC(=O)C(=Cc2ccccc2)c2ccncc2)CC1. The van der Waals surface area contributed by atoms with Gasteiger partial charge in [-0.2, -0.15) is 0 Å². The molecule has 0 atom stereocenters. The summed E-state index contributed by atoms with van der Waals surface area (Å²) in [5.74, 6) is -0.446. The van der Waals surface area contributed by atoms with Crippen molar-refractivity contribution in [1.29, 1.82) is 0 Å². The van der Waals surface area contributed by atoms with E-state index in [0.717, 1.165) is 30.9 Å². The van der Waals surface area contributed by atoms with E-state index in [9.17, 15) is 9.59 Å². The number of carboxylic acids is 1. The van der Waals surface area contributed by atoms with Crippen LogP contribution in [-0.4, -0.2) is 51.5 Å². The van der Waals surface area contributed by atoms with Crippen LogP contribution in [0, 0.1) is 5.92 Å². The lowest BCUT2D eigenvalue weighted by Gasteiger charge is -2.33. The van der Waals surface area contributed by atoms with Gasteiger partial charge < -0.3 is 14.7 Å². The predicted octanol–water partition coefficient (Wildman–Crippen LogP) is 5.32. The quantitative estimate of drug-likeness (QED) is 0.599. The molecule has 1 fully saturated rings. The van der Waals surface area contributed by atoms with Crippen LogP contribution in [-0.2, 0) is 14.3 Å². The number of benzene rings is 1. The van der Waals surface area contributed by atoms with E-state index in [1.165, 1.54) is 0 Å². The number of hydrogen-bond acceptors (Lipinski definition) is 5. The second kappa shape index (κ2) is 12.7. The highest BCUT2D eigenvalue weighted by Gasteiger charge is 2.28. The van der Waals surface area contributed by atoms with Gasteiger partial charge in [0.25, 0.3) is 5.97 Å². The fourth-order valence-corrected chi connectivity index (χ4v) is 3.59. The summed E-state index contributed by atoms with van der Waals surface area (Å²) in [7, 11) is 0. The molecule has 2 aromatic rings. The molecule has 0 bridgehead atoms. The van der Waals surface area contributed by atoms with E-state index in [-0.39, 0.29) is 17.8 Å². The molecule has 7 heteroatoms. The van der Waals surface area contributed by atoms with Crippen LogP contribution in [0.2, 0.25) is 0 Å². The van der Waals surface area contributed by atoms with Crippen LogP contribution in [0.5, 0.6) is 0 Å². The molecule has 34 heavy (non-hydrogen) atoms. The Kier molecular flexibility index (Phi) is 9.98. The van der Waals surface area contributed by atoms with Crippen molar-refractivity contribution in [2.45, 2.75) is 52.6 Å². The third-order valence-electron chi connectivity index (χ3n) is 5.14. The van der Waals surface area contributed by atoms with E-state index in [2.05, 4.69) is 4.98 Å². The smallest absolute Gasteiger partial charge is 0.410 e. The van der Waals surface area contributed by atoms with Crippen molar-refractivity contribution in [1.82, 2.24) is 9.88 Å². The average Bonchev–Trinajstić information content (AvgIpc) is 2.77. The zero-order valence-electron chi connectivity index (χ0n) is 20.4. The van der Waals surface area contributed by atoms with Crippen LogP contribution in [0.3, 0.4) is 0 Å². The number of hydrogen-bond donors (Lipinski definition) is 1. The standard InChI is InChI=1S/C25H30N2O3.C2H4O2/c1-25(2,3)30-24(29)27-15-11-20(12-16-27)18-23(28)22(21-9-13-26-14-10-21)17-19-7-5-4-6-8-19;1-2(3)4/h4-10,13-14,17,20H,11-12,15-16,18H2,1-3H3;1H3,(H,3,4). The lowest BCUT2D eigenvalue weighted by Crippen LogP contribution is -2.42. The number of aromatic nitrogens is 1. The van der Waals surface area contributed by atoms with Crippen molar-refractivity contribution < 1.29 is 24.2 Å². The topological polar surface area (TPSA) is 96.8 Å². The molecule has 0 unspecified atom stereocenters. The van der Waals surface area contributed by atoms with E-state index >= 15 is 0 Å². The van der Waals surface area contributed by atoms with Crippen LogP contribution >= 0.6 is 0 Å². The molecule has 1 aromatic carbocycles. The van der Waals surface area contributed by atoms with Crippen molar-refractivity contribution in [2.24, 2.45) is 5.92 Å². The van der Waals surface area contributed by atoms with Gasteiger partial charge in [0.2, 0.25) is 0 Å². The van der Waals surface area contributed by atoms with Crippen molar-refractivity contribution in [3.8, 4) is 0 Å². The summed E-state index contributed by atoms with van der Waals surface area (Å²) in [5, 5.41) is 7.42. The van der Waals surface area contributed by atoms with E-state index < -0.39 is 11.6 Å². The highest BCUT2D eigenvalue weighted by Crippen LogP contribution is 2.27. The van der Waals surface area contributed by atoms with Crippen LogP contribution in [0.15, 0.2) is 54.9 Å². The molecule has 1 aliphatic rings. The minimum absolute atomic E-state index is 0.126. The van der Waals surface area contributed by atoms with Gasteiger partial charge in [-0.25, -0.2) is 4.79 Å². The van der Waals surface area contributed by atoms with Crippen LogP contribution in [0.1, 0.15) is 58.1 Å². The summed E-state index contributed by atoms with van der Waals surface area (Å²) in [5.41, 5.74) is 2.09. The van der Waals surface area contributed by atoms with Crippen molar-refractivity contribution in [3.63, 3.8) is 0 Å². The summed E-state index contributed by atoms with van der Waals surface area (Å²) in [6.45, 7) is 7.95. The number of piperidine rings is 1. The summed E-state index contributed by atoms with van der Waals surface area (Å²) in [6.07, 6.45) is 7.19. The molecule has 1 aromatic heterocycles. The average molecular weight is 467 g/mol. The highest BCUT2D eigenvalue weighted by atomic mass is 16.6. The fraction of sp³-hybridized carbons (Fsp3) is 0.407. The second-order valence-electron chi connectivity index (χ2n) is 9.26. The molecule has 1 saturated heterocycles. The van der Waals surface area contributed by atoms with E-state index in [4.69, 9.17) is 14.6 Å². The van der Waals surface area contributed by atoms with Gasteiger partial charge >= 0.3 is 6.09 Å². The minimum atomic E-state index is -0.833. The van der Waals surface area contributed by atoms with Crippen molar-refractivity contribution >= 4 is 29.5 Å². The lowest BCUT2D eigenvalue weighted by molar-refractivity contribution is -0.134. The van der Waals surface area contributed by atoms with Crippen LogP contribution < -0.4 is 0 Å². The van der Waals surface area contributed by atoms with E-state index in [0.29, 0.717) is 25.1 Å². The number of aliphatic carboxylic acids is 1. The first-order chi connectivity index (χ1) is 16.0. The van der Waals surface area contributed by atoms with Gasteiger partial charge in [0.15, 0.2) is 5.78 Å². The Hall–Kier alpha value is -3.48. The molecule has 3 rings (SSSR count). The number of ketones is 1. The van der Waals surface area contributed by atoms with Crippen LogP contribution in [0.4, 0.5) is 4.79 Å². The molecule has 0 radical (unpaired) electrons. The number of allylic oxidation sites excluding steroid dienone is 1. The number of carbonyl (C=O) groups excluding carboxylic acids is 2. The number of amides is 1. The molecule has 7 nitrogen and oxygen atoms in total. The Morgan fingerprint density at radius 2 is 1.62 bits per heavy atom. The maximum Gasteiger partial charge on any atom is 0.410 e. The Labute approximate surface area is 201 Å². The zero-order chi connectivity index (χ0) is 25.1. The lowest BCUT2D eigenvalue weighted by atomic mass is 9.87. The number of nitrogens with zero attached hydrogens (tertiary/aromatic N) is 2. The maximum atomic E-state index is 13.2. The third-order valence-corrected chi connectivity index (χ3v) is 5.14. The molecule has 1 N–H and O–H groups in total. The number of likely N-dealkylation sites (tertiary alicyclic amines) is 1. The number of pyridine rings is 1. The number of rotatable bonds is 5. The first kappa shape index (κ1) is 26.8. The molecule has 1 amide bonds. The zero-order valence-corrected chi connectivity index (χ0v) is 20.4. The molecule has 0 aliphatic carbocycles. The van der Waals surface area contributed by atoms with Crippen molar-refractivity contribution in [2.75, 3.05) is 13.1 Å². The normalized spacial score (nSPS) is 14.6. The minimum Gasteiger partial charge on any atom is -0.481 e. The maximum absolute atomic E-state index is 13.2. The summed E-state index contributed by atoms with van der Waals surface area (Å²) >= 11 is 0. The molecule has 0 spiro atoms. The van der Waals surface area contributed by atoms with Crippen molar-refractivity contribution in [3.05, 3.63) is 66.0 Å². The van der Waals surface area contributed by atoms with Crippen LogP contribution in [0.25, 0.3) is 11.6 Å². The summed E-state index contributed by atoms with van der Waals surface area (Å²) < 4.78 is 5.46. The number of Topliss-reactive ketones (excluding diaryl/α,β-unsaturated/α-hetero) is 1. The first-order valence-corrected chi connectivity index (χ1v) is 11.4. The molecular formula is C27H34N2O5. The Bertz CT molecular complexity index is 969. The number of carboxylic acid groups (broad SMARTS) is 1. The number of ether oxygens (including phenoxy) is 1. The second-order valence-corrected chi connectivity index (χ2v) is 9.26. The largest absolute Gasteiger partial charge is 0.481 e. The number of carbonyl (C=O) groups is 3. The fourth-order valence-electron chi connectivity index (χ4n) is 3.59. The van der Waals surface area contributed by atoms with Gasteiger partial charge in [-0.3, -0.25) is 14.6 Å². The van der Waals surface area contributed by atoms with Gasteiger partial charge in [-0.1, -0.05) is 30.3 Å². The summed E-state index contributed by atoms with van der Waals surface area (Å²) in [6, 6.07) is 13.6. The Morgan fingerprint density at radius 3 is 2.15 bits per heavy atom. The van der Waals surface area contributed by atoms with Gasteiger partial charge in [-0.15, -0.1) is 0 Å². The van der Waals surface area contributed by atoms with E-state index in [1.807, 2.05) is 69.3 Å². The Balaban J connectivity index is 0.000000945.